The van der Waals surface area contributed by atoms with Crippen LogP contribution >= 0.6 is 0 Å². The van der Waals surface area contributed by atoms with Crippen molar-refractivity contribution < 1.29 is 4.79 Å². The van der Waals surface area contributed by atoms with Gasteiger partial charge in [-0.3, -0.25) is 4.79 Å². The van der Waals surface area contributed by atoms with Crippen LogP contribution in [0.1, 0.15) is 25.7 Å². The van der Waals surface area contributed by atoms with E-state index in [9.17, 15) is 4.79 Å². The van der Waals surface area contributed by atoms with Gasteiger partial charge in [0.05, 0.1) is 5.57 Å². The highest BCUT2D eigenvalue weighted by Gasteiger charge is 2.21. The number of allylic oxidation sites excluding steroid dienone is 3. The molecule has 0 unspecified atom stereocenters. The second kappa shape index (κ2) is 3.87. The Balaban J connectivity index is 2.73. The van der Waals surface area contributed by atoms with E-state index >= 15 is 0 Å². The van der Waals surface area contributed by atoms with Crippen LogP contribution < -0.4 is 0 Å². The highest BCUT2D eigenvalue weighted by atomic mass is 16.1. The summed E-state index contributed by atoms with van der Waals surface area (Å²) in [5, 5.41) is 8.65. The van der Waals surface area contributed by atoms with Crippen LogP contribution in [0.5, 0.6) is 0 Å². The van der Waals surface area contributed by atoms with E-state index in [1.54, 1.807) is 0 Å². The lowest BCUT2D eigenvalue weighted by atomic mass is 10.1. The van der Waals surface area contributed by atoms with Gasteiger partial charge in [0, 0.05) is 6.42 Å². The van der Waals surface area contributed by atoms with Gasteiger partial charge in [0.15, 0.2) is 5.78 Å². The van der Waals surface area contributed by atoms with E-state index < -0.39 is 0 Å². The first-order valence-corrected chi connectivity index (χ1v) is 4.05. The summed E-state index contributed by atoms with van der Waals surface area (Å²) in [5.74, 6) is 0.0107. The standard InChI is InChI=1S/C10H11NO/c1-2-3-4-8-5-6-10(12)9(8)7-11/h2H,1,3-6H2. The third-order valence-corrected chi connectivity index (χ3v) is 2.05. The maximum Gasteiger partial charge on any atom is 0.173 e. The largest absolute Gasteiger partial charge is 0.293 e. The molecule has 0 fully saturated rings. The molecule has 0 aromatic heterocycles. The maximum atomic E-state index is 11.1. The van der Waals surface area contributed by atoms with Crippen molar-refractivity contribution in [2.45, 2.75) is 25.7 Å². The first kappa shape index (κ1) is 8.73. The number of hydrogen-bond acceptors (Lipinski definition) is 2. The first-order chi connectivity index (χ1) is 5.79. The molecule has 0 radical (unpaired) electrons. The quantitative estimate of drug-likeness (QED) is 0.595. The molecule has 1 rings (SSSR count). The molecule has 0 bridgehead atoms. The molecule has 1 aliphatic carbocycles. The molecule has 0 atom stereocenters. The second-order valence-corrected chi connectivity index (χ2v) is 2.84. The predicted molar refractivity (Wildman–Crippen MR) is 46.3 cm³/mol. The Bertz CT molecular complexity index is 281. The van der Waals surface area contributed by atoms with Crippen LogP contribution in [0.3, 0.4) is 0 Å². The van der Waals surface area contributed by atoms with Gasteiger partial charge in [-0.2, -0.15) is 5.26 Å². The fourth-order valence-electron chi connectivity index (χ4n) is 1.38. The van der Waals surface area contributed by atoms with Crippen molar-refractivity contribution in [3.8, 4) is 6.07 Å². The van der Waals surface area contributed by atoms with Gasteiger partial charge in [0.2, 0.25) is 0 Å². The minimum atomic E-state index is 0.0107. The van der Waals surface area contributed by atoms with Crippen LogP contribution in [0.2, 0.25) is 0 Å². The number of carbonyl (C=O) groups excluding carboxylic acids is 1. The Kier molecular flexibility index (Phi) is 2.82. The van der Waals surface area contributed by atoms with E-state index in [1.807, 2.05) is 12.1 Å². The normalized spacial score (nSPS) is 16.4. The lowest BCUT2D eigenvalue weighted by Crippen LogP contribution is -1.92. The minimum Gasteiger partial charge on any atom is -0.293 e. The monoisotopic (exact) mass is 161 g/mol. The highest BCUT2D eigenvalue weighted by Crippen LogP contribution is 2.25. The average Bonchev–Trinajstić information content (AvgIpc) is 2.43. The van der Waals surface area contributed by atoms with Crippen LogP contribution in [0.15, 0.2) is 23.8 Å². The molecule has 0 saturated carbocycles. The number of Topliss-reactive ketones (excluding diaryl/α,β-unsaturated/α-hetero) is 1. The van der Waals surface area contributed by atoms with Gasteiger partial charge in [-0.05, 0) is 24.8 Å². The predicted octanol–water partition coefficient (Wildman–Crippen LogP) is 2.14. The fraction of sp³-hybridized carbons (Fsp3) is 0.400. The summed E-state index contributed by atoms with van der Waals surface area (Å²) < 4.78 is 0. The highest BCUT2D eigenvalue weighted by molar-refractivity contribution is 6.02. The van der Waals surface area contributed by atoms with Crippen molar-refractivity contribution >= 4 is 5.78 Å². The lowest BCUT2D eigenvalue weighted by Gasteiger charge is -1.96. The Morgan fingerprint density at radius 3 is 2.92 bits per heavy atom. The molecule has 12 heavy (non-hydrogen) atoms. The molecular weight excluding hydrogens is 150 g/mol. The molecule has 0 aromatic carbocycles. The molecule has 0 aliphatic heterocycles. The summed E-state index contributed by atoms with van der Waals surface area (Å²) in [4.78, 5) is 11.1. The molecule has 0 aromatic rings. The molecule has 2 heteroatoms. The number of rotatable bonds is 3. The van der Waals surface area contributed by atoms with Gasteiger partial charge in [0.1, 0.15) is 6.07 Å². The Labute approximate surface area is 72.2 Å². The Hall–Kier alpha value is -1.36. The maximum absolute atomic E-state index is 11.1. The van der Waals surface area contributed by atoms with Crippen LogP contribution in [-0.4, -0.2) is 5.78 Å². The van der Waals surface area contributed by atoms with E-state index in [1.165, 1.54) is 0 Å². The second-order valence-electron chi connectivity index (χ2n) is 2.84. The molecule has 0 spiro atoms. The van der Waals surface area contributed by atoms with Gasteiger partial charge < -0.3 is 0 Å². The van der Waals surface area contributed by atoms with Crippen molar-refractivity contribution in [2.75, 3.05) is 0 Å². The SMILES string of the molecule is C=CCCC1=C(C#N)C(=O)CC1. The topological polar surface area (TPSA) is 40.9 Å². The average molecular weight is 161 g/mol. The summed E-state index contributed by atoms with van der Waals surface area (Å²) in [6.45, 7) is 3.60. The van der Waals surface area contributed by atoms with Crippen LogP contribution in [0.4, 0.5) is 0 Å². The summed E-state index contributed by atoms with van der Waals surface area (Å²) in [6, 6.07) is 1.97. The first-order valence-electron chi connectivity index (χ1n) is 4.05. The van der Waals surface area contributed by atoms with Gasteiger partial charge in [-0.15, -0.1) is 6.58 Å². The summed E-state index contributed by atoms with van der Waals surface area (Å²) in [7, 11) is 0. The fourth-order valence-corrected chi connectivity index (χ4v) is 1.38. The minimum absolute atomic E-state index is 0.0107. The van der Waals surface area contributed by atoms with Crippen molar-refractivity contribution in [3.05, 3.63) is 23.8 Å². The van der Waals surface area contributed by atoms with Crippen molar-refractivity contribution in [1.82, 2.24) is 0 Å². The van der Waals surface area contributed by atoms with E-state index in [2.05, 4.69) is 6.58 Å². The van der Waals surface area contributed by atoms with Crippen LogP contribution in [0, 0.1) is 11.3 Å². The van der Waals surface area contributed by atoms with Crippen molar-refractivity contribution in [1.29, 1.82) is 5.26 Å². The molecule has 62 valence electrons. The molecule has 0 saturated heterocycles. The molecular formula is C10H11NO. The lowest BCUT2D eigenvalue weighted by molar-refractivity contribution is -0.114. The summed E-state index contributed by atoms with van der Waals surface area (Å²) in [5.41, 5.74) is 1.42. The van der Waals surface area contributed by atoms with Crippen molar-refractivity contribution in [2.24, 2.45) is 0 Å². The summed E-state index contributed by atoms with van der Waals surface area (Å²) in [6.07, 6.45) is 4.78. The summed E-state index contributed by atoms with van der Waals surface area (Å²) >= 11 is 0. The third kappa shape index (κ3) is 1.62. The van der Waals surface area contributed by atoms with E-state index in [4.69, 9.17) is 5.26 Å². The van der Waals surface area contributed by atoms with E-state index in [-0.39, 0.29) is 5.78 Å². The van der Waals surface area contributed by atoms with Gasteiger partial charge in [-0.1, -0.05) is 6.08 Å². The van der Waals surface area contributed by atoms with E-state index in [0.717, 1.165) is 24.8 Å². The van der Waals surface area contributed by atoms with E-state index in [0.29, 0.717) is 12.0 Å². The molecule has 2 nitrogen and oxygen atoms in total. The number of nitriles is 1. The van der Waals surface area contributed by atoms with Crippen LogP contribution in [-0.2, 0) is 4.79 Å². The Morgan fingerprint density at radius 2 is 2.33 bits per heavy atom. The smallest absolute Gasteiger partial charge is 0.173 e. The zero-order valence-electron chi connectivity index (χ0n) is 6.97. The third-order valence-electron chi connectivity index (χ3n) is 2.05. The zero-order chi connectivity index (χ0) is 8.97. The molecule has 0 N–H and O–H groups in total. The van der Waals surface area contributed by atoms with Gasteiger partial charge in [0.25, 0.3) is 0 Å². The van der Waals surface area contributed by atoms with Gasteiger partial charge >= 0.3 is 0 Å². The zero-order valence-corrected chi connectivity index (χ0v) is 6.97. The number of ketones is 1. The number of hydrogen-bond donors (Lipinski definition) is 0. The molecule has 1 aliphatic rings. The Morgan fingerprint density at radius 1 is 1.58 bits per heavy atom. The van der Waals surface area contributed by atoms with Gasteiger partial charge in [-0.25, -0.2) is 0 Å². The molecule has 0 heterocycles. The number of carbonyl (C=O) groups is 1. The molecule has 0 amide bonds. The van der Waals surface area contributed by atoms with Crippen molar-refractivity contribution in [3.63, 3.8) is 0 Å². The number of nitrogens with zero attached hydrogens (tertiary/aromatic N) is 1. The van der Waals surface area contributed by atoms with Crippen LogP contribution in [0.25, 0.3) is 0 Å².